The molecule has 0 unspecified atom stereocenters. The molecule has 19 heteroatoms. The Morgan fingerprint density at radius 1 is 0.536 bits per heavy atom. The molecule has 0 spiro atoms. The van der Waals surface area contributed by atoms with Crippen LogP contribution >= 0.6 is 0 Å². The average molecular weight is 795 g/mol. The van der Waals surface area contributed by atoms with Crippen LogP contribution in [0.3, 0.4) is 0 Å². The highest BCUT2D eigenvalue weighted by Crippen LogP contribution is 2.36. The fourth-order valence-corrected chi connectivity index (χ4v) is 5.98. The number of esters is 8. The quantitative estimate of drug-likeness (QED) is 0.181. The number of rotatable bonds is 15. The number of methoxy groups -OCH3 is 1. The molecule has 19 nitrogen and oxygen atoms in total. The van der Waals surface area contributed by atoms with Gasteiger partial charge in [0.25, 0.3) is 0 Å². The lowest BCUT2D eigenvalue weighted by molar-refractivity contribution is -0.344. The van der Waals surface area contributed by atoms with Gasteiger partial charge in [-0.2, -0.15) is 0 Å². The Kier molecular flexibility index (Phi) is 16.9. The maximum atomic E-state index is 12.6. The Morgan fingerprint density at radius 2 is 0.964 bits per heavy atom. The number of carbonyl (C=O) groups is 8. The van der Waals surface area contributed by atoms with Crippen molar-refractivity contribution in [1.29, 1.82) is 0 Å². The number of carbonyl (C=O) groups excluding carboxylic acids is 8. The van der Waals surface area contributed by atoms with Crippen molar-refractivity contribution in [2.75, 3.05) is 20.3 Å². The third kappa shape index (κ3) is 13.4. The van der Waals surface area contributed by atoms with Crippen LogP contribution in [0.5, 0.6) is 0 Å². The van der Waals surface area contributed by atoms with E-state index < -0.39 is 122 Å². The van der Waals surface area contributed by atoms with E-state index in [2.05, 4.69) is 0 Å². The van der Waals surface area contributed by atoms with E-state index in [4.69, 9.17) is 52.1 Å². The Hall–Kier alpha value is -5.40. The predicted molar refractivity (Wildman–Crippen MR) is 185 cm³/mol. The van der Waals surface area contributed by atoms with Crippen LogP contribution < -0.4 is 0 Å². The molecule has 56 heavy (non-hydrogen) atoms. The van der Waals surface area contributed by atoms with Crippen molar-refractivity contribution in [2.24, 2.45) is 0 Å². The van der Waals surface area contributed by atoms with Gasteiger partial charge in [0, 0.05) is 48.5 Å². The monoisotopic (exact) mass is 794 g/mol. The molecule has 2 fully saturated rings. The minimum atomic E-state index is -1.80. The molecule has 10 atom stereocenters. The highest BCUT2D eigenvalue weighted by atomic mass is 16.8. The second-order valence-electron chi connectivity index (χ2n) is 12.6. The molecule has 2 saturated heterocycles. The maximum Gasteiger partial charge on any atom is 0.337 e. The molecule has 0 saturated carbocycles. The molecular formula is C37H46O19. The first-order valence-electron chi connectivity index (χ1n) is 17.3. The first-order valence-corrected chi connectivity index (χ1v) is 17.3. The number of hydrogen-bond donors (Lipinski definition) is 0. The molecule has 0 aromatic heterocycles. The zero-order chi connectivity index (χ0) is 41.7. The lowest BCUT2D eigenvalue weighted by Crippen LogP contribution is -2.67. The summed E-state index contributed by atoms with van der Waals surface area (Å²) >= 11 is 0. The van der Waals surface area contributed by atoms with Crippen molar-refractivity contribution >= 4 is 53.8 Å². The van der Waals surface area contributed by atoms with Gasteiger partial charge in [0.05, 0.1) is 12.7 Å². The van der Waals surface area contributed by atoms with Crippen molar-refractivity contribution in [3.63, 3.8) is 0 Å². The van der Waals surface area contributed by atoms with Crippen LogP contribution in [0.15, 0.2) is 30.3 Å². The summed E-state index contributed by atoms with van der Waals surface area (Å²) < 4.78 is 61.8. The molecule has 0 radical (unpaired) electrons. The van der Waals surface area contributed by atoms with E-state index in [1.807, 2.05) is 0 Å². The van der Waals surface area contributed by atoms with Gasteiger partial charge in [0.2, 0.25) is 0 Å². The van der Waals surface area contributed by atoms with Gasteiger partial charge < -0.3 is 52.1 Å². The van der Waals surface area contributed by atoms with E-state index in [1.165, 1.54) is 7.11 Å². The lowest BCUT2D eigenvalue weighted by atomic mass is 9.91. The van der Waals surface area contributed by atoms with Crippen LogP contribution in [-0.4, -0.2) is 129 Å². The molecule has 0 N–H and O–H groups in total. The van der Waals surface area contributed by atoms with Crippen molar-refractivity contribution < 1.29 is 90.5 Å². The molecular weight excluding hydrogens is 748 g/mol. The molecule has 1 aromatic carbocycles. The minimum absolute atomic E-state index is 0.00149. The van der Waals surface area contributed by atoms with Gasteiger partial charge in [-0.1, -0.05) is 24.3 Å². The van der Waals surface area contributed by atoms with Gasteiger partial charge in [-0.15, -0.1) is 0 Å². The second-order valence-corrected chi connectivity index (χ2v) is 12.6. The van der Waals surface area contributed by atoms with Gasteiger partial charge in [0.15, 0.2) is 36.8 Å². The van der Waals surface area contributed by atoms with E-state index in [-0.39, 0.29) is 6.42 Å². The van der Waals surface area contributed by atoms with Gasteiger partial charge in [0.1, 0.15) is 37.6 Å². The summed E-state index contributed by atoms with van der Waals surface area (Å²) in [5.74, 6) is -6.33. The van der Waals surface area contributed by atoms with Crippen LogP contribution in [0.2, 0.25) is 0 Å². The fraction of sp³-hybridized carbons (Fsp3) is 0.568. The van der Waals surface area contributed by atoms with Crippen molar-refractivity contribution in [3.8, 4) is 0 Å². The summed E-state index contributed by atoms with van der Waals surface area (Å²) in [7, 11) is 1.26. The Bertz CT molecular complexity index is 1620. The topological polar surface area (TPSA) is 238 Å². The first kappa shape index (κ1) is 45.0. The highest BCUT2D eigenvalue weighted by molar-refractivity contribution is 5.89. The van der Waals surface area contributed by atoms with Crippen LogP contribution in [0, 0.1) is 0 Å². The van der Waals surface area contributed by atoms with Crippen molar-refractivity contribution in [1.82, 2.24) is 0 Å². The molecule has 0 aliphatic carbocycles. The standard InChI is InChI=1S/C37H46O19/c1-18(38)47-16-28-31(50-21(4)41)33(30(49-20(3)40)27(54-28)11-9-10-25-12-14-26(15-13-25)36(45)46-8)56-37-35(53-24(7)44)34(52-23(6)43)32(51-22(5)42)29(55-37)17-48-19(2)39/h9-10,12-15,27-35,37H,11,16-17H2,1-8H3/t27-,28-,29-,30-,31-,32-,33-,34-,35-,37-/m1/s1. The molecule has 308 valence electrons. The summed E-state index contributed by atoms with van der Waals surface area (Å²) in [6, 6.07) is 6.43. The van der Waals surface area contributed by atoms with Gasteiger partial charge in [-0.25, -0.2) is 4.79 Å². The second kappa shape index (κ2) is 21.1. The lowest BCUT2D eigenvalue weighted by Gasteiger charge is -2.49. The van der Waals surface area contributed by atoms with Crippen LogP contribution in [-0.2, 0) is 85.7 Å². The van der Waals surface area contributed by atoms with E-state index >= 15 is 0 Å². The molecule has 3 rings (SSSR count). The molecule has 0 amide bonds. The van der Waals surface area contributed by atoms with Gasteiger partial charge in [-0.3, -0.25) is 33.6 Å². The number of hydrogen-bond acceptors (Lipinski definition) is 19. The van der Waals surface area contributed by atoms with E-state index in [9.17, 15) is 38.4 Å². The third-order valence-electron chi connectivity index (χ3n) is 8.03. The summed E-state index contributed by atoms with van der Waals surface area (Å²) in [5.41, 5.74) is 0.985. The maximum absolute atomic E-state index is 12.6. The highest BCUT2D eigenvalue weighted by Gasteiger charge is 2.57. The zero-order valence-corrected chi connectivity index (χ0v) is 32.1. The fourth-order valence-electron chi connectivity index (χ4n) is 5.98. The molecule has 2 heterocycles. The summed E-state index contributed by atoms with van der Waals surface area (Å²) in [6.07, 6.45) is -11.6. The van der Waals surface area contributed by atoms with E-state index in [1.54, 1.807) is 36.4 Å². The smallest absolute Gasteiger partial charge is 0.337 e. The minimum Gasteiger partial charge on any atom is -0.465 e. The number of ether oxygens (including phenoxy) is 11. The molecule has 0 bridgehead atoms. The Morgan fingerprint density at radius 3 is 1.43 bits per heavy atom. The molecule has 1 aromatic rings. The van der Waals surface area contributed by atoms with Crippen molar-refractivity contribution in [3.05, 3.63) is 41.5 Å². The predicted octanol–water partition coefficient (Wildman–Crippen LogP) is 1.54. The zero-order valence-electron chi connectivity index (χ0n) is 32.1. The average Bonchev–Trinajstić information content (AvgIpc) is 3.10. The van der Waals surface area contributed by atoms with E-state index in [0.29, 0.717) is 11.1 Å². The Labute approximate surface area is 322 Å². The van der Waals surface area contributed by atoms with Crippen molar-refractivity contribution in [2.45, 2.75) is 116 Å². The largest absolute Gasteiger partial charge is 0.465 e. The third-order valence-corrected chi connectivity index (χ3v) is 8.03. The summed E-state index contributed by atoms with van der Waals surface area (Å²) in [4.78, 5) is 97.9. The van der Waals surface area contributed by atoms with Gasteiger partial charge in [-0.05, 0) is 24.1 Å². The van der Waals surface area contributed by atoms with E-state index in [0.717, 1.165) is 48.5 Å². The molecule has 2 aliphatic rings. The SMILES string of the molecule is COC(=O)c1ccc(C=CC[C@H]2O[C@H](COC(C)=O)[C@@H](OC(C)=O)[C@H](O[C@H]3O[C@H](COC(C)=O)[C@@H](OC(C)=O)[C@@H](OC(C)=O)[C@H]3OC(C)=O)[C@@H]2OC(C)=O)cc1. The Balaban J connectivity index is 2.16. The normalized spacial score (nSPS) is 27.2. The number of benzene rings is 1. The van der Waals surface area contributed by atoms with Crippen LogP contribution in [0.4, 0.5) is 0 Å². The first-order chi connectivity index (χ1) is 26.4. The summed E-state index contributed by atoms with van der Waals surface area (Å²) in [6.45, 7) is 6.51. The van der Waals surface area contributed by atoms with Crippen LogP contribution in [0.1, 0.15) is 70.8 Å². The summed E-state index contributed by atoms with van der Waals surface area (Å²) in [5, 5.41) is 0. The van der Waals surface area contributed by atoms with Crippen LogP contribution in [0.25, 0.3) is 6.08 Å². The van der Waals surface area contributed by atoms with Gasteiger partial charge >= 0.3 is 47.8 Å². The molecule has 2 aliphatic heterocycles.